The summed E-state index contributed by atoms with van der Waals surface area (Å²) < 4.78 is 0. The van der Waals surface area contributed by atoms with Crippen molar-refractivity contribution in [3.63, 3.8) is 0 Å². The Morgan fingerprint density at radius 2 is 1.90 bits per heavy atom. The molecular formula is C14H15NO5. The Kier molecular flexibility index (Phi) is 5.49. The molecule has 0 spiro atoms. The van der Waals surface area contributed by atoms with E-state index >= 15 is 0 Å². The fraction of sp³-hybridized carbons (Fsp3) is 0.143. The zero-order valence-corrected chi connectivity index (χ0v) is 10.8. The molecule has 1 atom stereocenters. The minimum atomic E-state index is -0.942. The normalized spacial score (nSPS) is 11.1. The lowest BCUT2D eigenvalue weighted by Crippen LogP contribution is -1.94. The number of benzene rings is 1. The van der Waals surface area contributed by atoms with E-state index in [1.165, 1.54) is 30.6 Å². The third kappa shape index (κ3) is 4.58. The van der Waals surface area contributed by atoms with Crippen LogP contribution in [0.15, 0.2) is 42.7 Å². The van der Waals surface area contributed by atoms with Crippen LogP contribution in [0.3, 0.4) is 0 Å². The number of phenols is 2. The molecule has 0 aliphatic carbocycles. The number of aromatic nitrogens is 1. The zero-order chi connectivity index (χ0) is 15.1. The van der Waals surface area contributed by atoms with E-state index in [4.69, 9.17) is 20.4 Å². The van der Waals surface area contributed by atoms with Crippen molar-refractivity contribution in [1.82, 2.24) is 4.98 Å². The molecule has 1 aromatic heterocycles. The van der Waals surface area contributed by atoms with E-state index in [9.17, 15) is 4.79 Å². The maximum Gasteiger partial charge on any atom is 0.337 e. The monoisotopic (exact) mass is 277 g/mol. The quantitative estimate of drug-likeness (QED) is 0.624. The van der Waals surface area contributed by atoms with Gasteiger partial charge >= 0.3 is 5.97 Å². The van der Waals surface area contributed by atoms with E-state index in [1.54, 1.807) is 19.1 Å². The van der Waals surface area contributed by atoms with Gasteiger partial charge in [0, 0.05) is 12.4 Å². The number of carbonyl (C=O) groups is 1. The van der Waals surface area contributed by atoms with Crippen molar-refractivity contribution in [1.29, 1.82) is 0 Å². The van der Waals surface area contributed by atoms with E-state index in [-0.39, 0.29) is 17.1 Å². The standard InChI is InChI=1S/C8H10O3.C6H5NO2/c1-5(9)6-2-3-7(10)8(11)4-6;8-6(9)5-2-1-3-7-4-5/h2-5,9-11H,1H3;1-4H,(H,8,9). The van der Waals surface area contributed by atoms with Crippen molar-refractivity contribution in [3.05, 3.63) is 53.9 Å². The molecule has 0 amide bonds. The average molecular weight is 277 g/mol. The number of rotatable bonds is 2. The summed E-state index contributed by atoms with van der Waals surface area (Å²) >= 11 is 0. The number of pyridine rings is 1. The first-order valence-electron chi connectivity index (χ1n) is 5.75. The van der Waals surface area contributed by atoms with E-state index in [2.05, 4.69) is 4.98 Å². The van der Waals surface area contributed by atoms with Gasteiger partial charge in [0.05, 0.1) is 11.7 Å². The van der Waals surface area contributed by atoms with Crippen molar-refractivity contribution >= 4 is 5.97 Å². The van der Waals surface area contributed by atoms with Crippen LogP contribution >= 0.6 is 0 Å². The van der Waals surface area contributed by atoms with Crippen molar-refractivity contribution in [3.8, 4) is 11.5 Å². The predicted octanol–water partition coefficient (Wildman–Crippen LogP) is 1.93. The smallest absolute Gasteiger partial charge is 0.337 e. The summed E-state index contributed by atoms with van der Waals surface area (Å²) in [7, 11) is 0. The van der Waals surface area contributed by atoms with Gasteiger partial charge in [0.1, 0.15) is 0 Å². The largest absolute Gasteiger partial charge is 0.504 e. The Hall–Kier alpha value is -2.60. The van der Waals surface area contributed by atoms with Gasteiger partial charge in [-0.2, -0.15) is 0 Å². The molecule has 0 aliphatic heterocycles. The lowest BCUT2D eigenvalue weighted by molar-refractivity contribution is 0.0696. The van der Waals surface area contributed by atoms with Crippen LogP contribution in [0, 0.1) is 0 Å². The number of hydrogen-bond acceptors (Lipinski definition) is 5. The average Bonchev–Trinajstić information content (AvgIpc) is 2.43. The van der Waals surface area contributed by atoms with Gasteiger partial charge in [0.15, 0.2) is 11.5 Å². The third-order valence-corrected chi connectivity index (χ3v) is 2.39. The lowest BCUT2D eigenvalue weighted by Gasteiger charge is -2.04. The van der Waals surface area contributed by atoms with Gasteiger partial charge in [-0.05, 0) is 36.8 Å². The molecule has 0 fully saturated rings. The van der Waals surface area contributed by atoms with Crippen LogP contribution in [0.1, 0.15) is 28.9 Å². The third-order valence-electron chi connectivity index (χ3n) is 2.39. The SMILES string of the molecule is CC(O)c1ccc(O)c(O)c1.O=C(O)c1cccnc1. The molecule has 0 radical (unpaired) electrons. The first kappa shape index (κ1) is 15.5. The molecule has 1 unspecified atom stereocenters. The highest BCUT2D eigenvalue weighted by Gasteiger charge is 2.03. The number of hydrogen-bond donors (Lipinski definition) is 4. The summed E-state index contributed by atoms with van der Waals surface area (Å²) in [5.41, 5.74) is 0.804. The number of aliphatic hydroxyl groups excluding tert-OH is 1. The molecule has 0 bridgehead atoms. The molecule has 6 heteroatoms. The van der Waals surface area contributed by atoms with Crippen molar-refractivity contribution in [2.45, 2.75) is 13.0 Å². The maximum absolute atomic E-state index is 10.2. The van der Waals surface area contributed by atoms with Gasteiger partial charge in [-0.3, -0.25) is 4.98 Å². The summed E-state index contributed by atoms with van der Waals surface area (Å²) in [5, 5.41) is 35.3. The first-order chi connectivity index (χ1) is 9.41. The van der Waals surface area contributed by atoms with Gasteiger partial charge in [0.2, 0.25) is 0 Å². The second kappa shape index (κ2) is 7.10. The van der Waals surface area contributed by atoms with Crippen LogP contribution in [0.4, 0.5) is 0 Å². The van der Waals surface area contributed by atoms with Crippen LogP contribution in [0.25, 0.3) is 0 Å². The van der Waals surface area contributed by atoms with E-state index in [1.807, 2.05) is 0 Å². The highest BCUT2D eigenvalue weighted by Crippen LogP contribution is 2.27. The van der Waals surface area contributed by atoms with Crippen LogP contribution in [-0.2, 0) is 0 Å². The summed E-state index contributed by atoms with van der Waals surface area (Å²) in [6.07, 6.45) is 2.22. The summed E-state index contributed by atoms with van der Waals surface area (Å²) in [6, 6.07) is 7.32. The Morgan fingerprint density at radius 3 is 2.30 bits per heavy atom. The molecule has 1 heterocycles. The number of aromatic carboxylic acids is 1. The second-order valence-corrected chi connectivity index (χ2v) is 3.97. The van der Waals surface area contributed by atoms with Gasteiger partial charge < -0.3 is 20.4 Å². The van der Waals surface area contributed by atoms with Gasteiger partial charge in [0.25, 0.3) is 0 Å². The number of phenolic OH excluding ortho intramolecular Hbond substituents is 2. The predicted molar refractivity (Wildman–Crippen MR) is 71.6 cm³/mol. The number of carboxylic acids is 1. The minimum Gasteiger partial charge on any atom is -0.504 e. The number of nitrogens with zero attached hydrogens (tertiary/aromatic N) is 1. The Balaban J connectivity index is 0.000000204. The molecule has 0 aliphatic rings. The van der Waals surface area contributed by atoms with Crippen molar-refractivity contribution in [2.24, 2.45) is 0 Å². The molecule has 0 saturated heterocycles. The fourth-order valence-corrected chi connectivity index (χ4v) is 1.29. The number of aromatic hydroxyl groups is 2. The van der Waals surface area contributed by atoms with E-state index in [0.29, 0.717) is 5.56 Å². The fourth-order valence-electron chi connectivity index (χ4n) is 1.29. The Labute approximate surface area is 115 Å². The molecule has 2 aromatic rings. The summed E-state index contributed by atoms with van der Waals surface area (Å²) in [5.74, 6) is -1.32. The van der Waals surface area contributed by atoms with E-state index < -0.39 is 12.1 Å². The van der Waals surface area contributed by atoms with Crippen molar-refractivity contribution < 1.29 is 25.2 Å². The topological polar surface area (TPSA) is 111 Å². The molecule has 20 heavy (non-hydrogen) atoms. The number of aliphatic hydroxyl groups is 1. The number of carboxylic acid groups (broad SMARTS) is 1. The van der Waals surface area contributed by atoms with Gasteiger partial charge in [-0.15, -0.1) is 0 Å². The minimum absolute atomic E-state index is 0.172. The van der Waals surface area contributed by atoms with Crippen LogP contribution in [0.5, 0.6) is 11.5 Å². The highest BCUT2D eigenvalue weighted by atomic mass is 16.4. The molecule has 6 nitrogen and oxygen atoms in total. The molecule has 4 N–H and O–H groups in total. The maximum atomic E-state index is 10.2. The Bertz CT molecular complexity index is 569. The van der Waals surface area contributed by atoms with Gasteiger partial charge in [-0.25, -0.2) is 4.79 Å². The molecule has 0 saturated carbocycles. The van der Waals surface area contributed by atoms with Crippen LogP contribution < -0.4 is 0 Å². The summed E-state index contributed by atoms with van der Waals surface area (Å²) in [4.78, 5) is 13.8. The zero-order valence-electron chi connectivity index (χ0n) is 10.8. The van der Waals surface area contributed by atoms with Gasteiger partial charge in [-0.1, -0.05) is 6.07 Å². The molecule has 2 rings (SSSR count). The lowest BCUT2D eigenvalue weighted by atomic mass is 10.1. The highest BCUT2D eigenvalue weighted by molar-refractivity contribution is 5.86. The molecular weight excluding hydrogens is 262 g/mol. The second-order valence-electron chi connectivity index (χ2n) is 3.97. The van der Waals surface area contributed by atoms with Crippen LogP contribution in [0.2, 0.25) is 0 Å². The first-order valence-corrected chi connectivity index (χ1v) is 5.75. The van der Waals surface area contributed by atoms with E-state index in [0.717, 1.165) is 0 Å². The molecule has 1 aromatic carbocycles. The van der Waals surface area contributed by atoms with Crippen molar-refractivity contribution in [2.75, 3.05) is 0 Å². The van der Waals surface area contributed by atoms with Crippen LogP contribution in [-0.4, -0.2) is 31.4 Å². The molecule has 106 valence electrons. The Morgan fingerprint density at radius 1 is 1.20 bits per heavy atom. The summed E-state index contributed by atoms with van der Waals surface area (Å²) in [6.45, 7) is 1.59.